The van der Waals surface area contributed by atoms with Crippen LogP contribution in [0.15, 0.2) is 108 Å². The average molecular weight is 633 g/mol. The van der Waals surface area contributed by atoms with Crippen LogP contribution in [0, 0.1) is 0 Å². The minimum Gasteiger partial charge on any atom is -0.325 e. The summed E-state index contributed by atoms with van der Waals surface area (Å²) in [5, 5.41) is 8.41. The SMILES string of the molecule is CC(=O)c1ccc(NC(=O)C(C)Sc2cccc(NC(=O)/C(=C\c3cccc(Cl)c3Cl)NC(=O)c3ccccc3)c2)cc1. The van der Waals surface area contributed by atoms with Crippen molar-refractivity contribution in [2.45, 2.75) is 24.0 Å². The Kier molecular flexibility index (Phi) is 10.8. The second kappa shape index (κ2) is 14.7. The average Bonchev–Trinajstić information content (AvgIpc) is 2.99. The number of hydrogen-bond donors (Lipinski definition) is 3. The number of hydrogen-bond acceptors (Lipinski definition) is 5. The van der Waals surface area contributed by atoms with Crippen LogP contribution in [-0.4, -0.2) is 28.8 Å². The molecule has 1 atom stereocenters. The molecule has 3 amide bonds. The zero-order valence-corrected chi connectivity index (χ0v) is 25.5. The number of benzene rings is 4. The first kappa shape index (κ1) is 31.6. The molecule has 1 unspecified atom stereocenters. The molecule has 0 bridgehead atoms. The molecule has 43 heavy (non-hydrogen) atoms. The Hall–Kier alpha value is -4.37. The van der Waals surface area contributed by atoms with Gasteiger partial charge in [0.25, 0.3) is 11.8 Å². The second-order valence-electron chi connectivity index (χ2n) is 9.39. The summed E-state index contributed by atoms with van der Waals surface area (Å²) >= 11 is 13.8. The molecular weight excluding hydrogens is 605 g/mol. The van der Waals surface area contributed by atoms with E-state index in [0.29, 0.717) is 33.1 Å². The maximum Gasteiger partial charge on any atom is 0.272 e. The van der Waals surface area contributed by atoms with E-state index in [9.17, 15) is 19.2 Å². The molecule has 0 aliphatic rings. The molecule has 0 aliphatic carbocycles. The smallest absolute Gasteiger partial charge is 0.272 e. The van der Waals surface area contributed by atoms with E-state index in [1.165, 1.54) is 24.8 Å². The summed E-state index contributed by atoms with van der Waals surface area (Å²) in [5.41, 5.74) is 2.39. The minimum atomic E-state index is -0.581. The third-order valence-corrected chi connectivity index (χ3v) is 8.07. The second-order valence-corrected chi connectivity index (χ2v) is 11.6. The predicted molar refractivity (Wildman–Crippen MR) is 174 cm³/mol. The fraction of sp³-hybridized carbons (Fsp3) is 0.0909. The fourth-order valence-electron chi connectivity index (χ4n) is 3.87. The number of carbonyl (C=O) groups excluding carboxylic acids is 4. The summed E-state index contributed by atoms with van der Waals surface area (Å²) in [5.74, 6) is -1.33. The van der Waals surface area contributed by atoms with Gasteiger partial charge in [-0.05, 0) is 86.2 Å². The molecule has 4 aromatic rings. The summed E-state index contributed by atoms with van der Waals surface area (Å²) in [7, 11) is 0. The molecule has 0 saturated carbocycles. The van der Waals surface area contributed by atoms with Crippen molar-refractivity contribution in [2.75, 3.05) is 10.6 Å². The largest absolute Gasteiger partial charge is 0.325 e. The highest BCUT2D eigenvalue weighted by Crippen LogP contribution is 2.29. The Morgan fingerprint density at radius 3 is 2.16 bits per heavy atom. The van der Waals surface area contributed by atoms with Gasteiger partial charge in [-0.2, -0.15) is 0 Å². The highest BCUT2D eigenvalue weighted by Gasteiger charge is 2.18. The molecule has 0 heterocycles. The highest BCUT2D eigenvalue weighted by atomic mass is 35.5. The van der Waals surface area contributed by atoms with Crippen LogP contribution in [0.2, 0.25) is 10.0 Å². The summed E-state index contributed by atoms with van der Waals surface area (Å²) in [6.07, 6.45) is 1.46. The van der Waals surface area contributed by atoms with E-state index >= 15 is 0 Å². The van der Waals surface area contributed by atoms with E-state index in [4.69, 9.17) is 23.2 Å². The van der Waals surface area contributed by atoms with Gasteiger partial charge >= 0.3 is 0 Å². The predicted octanol–water partition coefficient (Wildman–Crippen LogP) is 7.72. The van der Waals surface area contributed by atoms with Gasteiger partial charge in [-0.15, -0.1) is 11.8 Å². The van der Waals surface area contributed by atoms with Crippen LogP contribution < -0.4 is 16.0 Å². The van der Waals surface area contributed by atoms with Crippen molar-refractivity contribution in [3.63, 3.8) is 0 Å². The number of amides is 3. The third kappa shape index (κ3) is 8.81. The van der Waals surface area contributed by atoms with Crippen molar-refractivity contribution in [1.29, 1.82) is 0 Å². The molecule has 0 spiro atoms. The van der Waals surface area contributed by atoms with Gasteiger partial charge in [-0.1, -0.05) is 59.6 Å². The lowest BCUT2D eigenvalue weighted by Gasteiger charge is -2.14. The Morgan fingerprint density at radius 1 is 0.767 bits per heavy atom. The Balaban J connectivity index is 1.48. The lowest BCUT2D eigenvalue weighted by molar-refractivity contribution is -0.115. The van der Waals surface area contributed by atoms with Crippen LogP contribution in [0.1, 0.15) is 40.1 Å². The van der Waals surface area contributed by atoms with Crippen molar-refractivity contribution >= 4 is 75.9 Å². The van der Waals surface area contributed by atoms with Crippen LogP contribution in [0.5, 0.6) is 0 Å². The topological polar surface area (TPSA) is 104 Å². The lowest BCUT2D eigenvalue weighted by atomic mass is 10.1. The highest BCUT2D eigenvalue weighted by molar-refractivity contribution is 8.00. The molecule has 0 radical (unpaired) electrons. The van der Waals surface area contributed by atoms with Crippen LogP contribution in [0.4, 0.5) is 11.4 Å². The van der Waals surface area contributed by atoms with Gasteiger partial charge in [0.05, 0.1) is 15.3 Å². The zero-order chi connectivity index (χ0) is 30.9. The number of ketones is 1. The number of rotatable bonds is 10. The first-order chi connectivity index (χ1) is 20.6. The summed E-state index contributed by atoms with van der Waals surface area (Å²) in [6, 6.07) is 27.2. The van der Waals surface area contributed by atoms with Crippen molar-refractivity contribution in [3.05, 3.63) is 129 Å². The number of thioether (sulfide) groups is 1. The number of nitrogens with one attached hydrogen (secondary N) is 3. The standard InChI is InChI=1S/C33H27Cl2N3O4S/c1-20(39)22-14-16-25(17-15-22)36-31(40)21(2)43-27-12-7-11-26(19-27)37-33(42)29(18-24-10-6-13-28(34)30(24)35)38-32(41)23-8-4-3-5-9-23/h3-19,21H,1-2H3,(H,36,40)(H,37,42)(H,38,41)/b29-18+. The maximum absolute atomic E-state index is 13.4. The summed E-state index contributed by atoms with van der Waals surface area (Å²) < 4.78 is 0. The molecule has 3 N–H and O–H groups in total. The number of carbonyl (C=O) groups is 4. The van der Waals surface area contributed by atoms with Crippen molar-refractivity contribution in [3.8, 4) is 0 Å². The van der Waals surface area contributed by atoms with Gasteiger partial charge in [0, 0.05) is 27.4 Å². The van der Waals surface area contributed by atoms with Crippen LogP contribution in [-0.2, 0) is 9.59 Å². The van der Waals surface area contributed by atoms with Gasteiger partial charge in [-0.3, -0.25) is 19.2 Å². The summed E-state index contributed by atoms with van der Waals surface area (Å²) in [6.45, 7) is 3.25. The molecule has 4 rings (SSSR count). The monoisotopic (exact) mass is 631 g/mol. The van der Waals surface area contributed by atoms with Gasteiger partial charge in [0.1, 0.15) is 5.70 Å². The number of halogens is 2. The minimum absolute atomic E-state index is 0.0420. The van der Waals surface area contributed by atoms with Gasteiger partial charge in [0.15, 0.2) is 5.78 Å². The first-order valence-electron chi connectivity index (χ1n) is 13.1. The fourth-order valence-corrected chi connectivity index (χ4v) is 5.15. The molecule has 0 aromatic heterocycles. The number of Topliss-reactive ketones (excluding diaryl/α,β-unsaturated/α-hetero) is 1. The van der Waals surface area contributed by atoms with Crippen molar-refractivity contribution in [1.82, 2.24) is 5.32 Å². The molecule has 218 valence electrons. The van der Waals surface area contributed by atoms with Crippen LogP contribution in [0.3, 0.4) is 0 Å². The maximum atomic E-state index is 13.4. The molecular formula is C33H27Cl2N3O4S. The normalized spacial score (nSPS) is 11.8. The van der Waals surface area contributed by atoms with Gasteiger partial charge in [-0.25, -0.2) is 0 Å². The van der Waals surface area contributed by atoms with Crippen LogP contribution >= 0.6 is 35.0 Å². The zero-order valence-electron chi connectivity index (χ0n) is 23.2. The van der Waals surface area contributed by atoms with E-state index in [-0.39, 0.29) is 22.4 Å². The van der Waals surface area contributed by atoms with Gasteiger partial charge in [0.2, 0.25) is 5.91 Å². The van der Waals surface area contributed by atoms with E-state index in [1.807, 2.05) is 6.07 Å². The van der Waals surface area contributed by atoms with E-state index in [1.54, 1.807) is 97.9 Å². The van der Waals surface area contributed by atoms with Crippen LogP contribution in [0.25, 0.3) is 6.08 Å². The molecule has 0 saturated heterocycles. The Bertz CT molecular complexity index is 1690. The molecule has 7 nitrogen and oxygen atoms in total. The van der Waals surface area contributed by atoms with Gasteiger partial charge < -0.3 is 16.0 Å². The van der Waals surface area contributed by atoms with E-state index < -0.39 is 17.1 Å². The lowest BCUT2D eigenvalue weighted by Crippen LogP contribution is -2.30. The number of anilines is 2. The molecule has 0 aliphatic heterocycles. The Labute approximate surface area is 263 Å². The van der Waals surface area contributed by atoms with Crippen molar-refractivity contribution < 1.29 is 19.2 Å². The third-order valence-electron chi connectivity index (χ3n) is 6.14. The Morgan fingerprint density at radius 2 is 1.47 bits per heavy atom. The first-order valence-corrected chi connectivity index (χ1v) is 14.8. The molecule has 0 fully saturated rings. The van der Waals surface area contributed by atoms with E-state index in [2.05, 4.69) is 16.0 Å². The quantitative estimate of drug-likeness (QED) is 0.0944. The summed E-state index contributed by atoms with van der Waals surface area (Å²) in [4.78, 5) is 51.4. The molecule has 10 heteroatoms. The molecule has 4 aromatic carbocycles. The van der Waals surface area contributed by atoms with E-state index in [0.717, 1.165) is 4.90 Å². The van der Waals surface area contributed by atoms with Crippen molar-refractivity contribution in [2.24, 2.45) is 0 Å².